The van der Waals surface area contributed by atoms with Crippen molar-refractivity contribution in [3.8, 4) is 0 Å². The van der Waals surface area contributed by atoms with Crippen molar-refractivity contribution in [3.05, 3.63) is 58.3 Å². The largest absolute Gasteiger partial charge is 0.478 e. The van der Waals surface area contributed by atoms with Crippen LogP contribution in [0.1, 0.15) is 28.9 Å². The number of carbonyl (C=O) groups is 1. The molecule has 2 N–H and O–H groups in total. The highest BCUT2D eigenvalue weighted by molar-refractivity contribution is 7.08. The second kappa shape index (κ2) is 5.54. The SMILES string of the molecule is CC(Nc1nc2ccccc2cc1C(=O)O)c1ccsc1. The average molecular weight is 298 g/mol. The molecule has 0 amide bonds. The number of hydrogen-bond donors (Lipinski definition) is 2. The fourth-order valence-corrected chi connectivity index (χ4v) is 2.95. The number of nitrogens with zero attached hydrogens (tertiary/aromatic N) is 1. The van der Waals surface area contributed by atoms with Crippen LogP contribution in [0.25, 0.3) is 10.9 Å². The maximum Gasteiger partial charge on any atom is 0.339 e. The molecule has 0 bridgehead atoms. The van der Waals surface area contributed by atoms with Gasteiger partial charge in [0.05, 0.1) is 11.6 Å². The highest BCUT2D eigenvalue weighted by atomic mass is 32.1. The Morgan fingerprint density at radius 3 is 2.86 bits per heavy atom. The number of carboxylic acids is 1. The summed E-state index contributed by atoms with van der Waals surface area (Å²) >= 11 is 1.61. The molecular formula is C16H14N2O2S. The highest BCUT2D eigenvalue weighted by Crippen LogP contribution is 2.25. The van der Waals surface area contributed by atoms with Gasteiger partial charge >= 0.3 is 5.97 Å². The first-order valence-corrected chi connectivity index (χ1v) is 7.51. The summed E-state index contributed by atoms with van der Waals surface area (Å²) in [6.07, 6.45) is 0. The summed E-state index contributed by atoms with van der Waals surface area (Å²) in [7, 11) is 0. The lowest BCUT2D eigenvalue weighted by Crippen LogP contribution is -2.12. The standard InChI is InChI=1S/C16H14N2O2S/c1-10(12-6-7-21-9-12)17-15-13(16(19)20)8-11-4-2-3-5-14(11)18-15/h2-10H,1H3,(H,17,18)(H,19,20). The molecule has 0 aliphatic heterocycles. The molecule has 2 heterocycles. The van der Waals surface area contributed by atoms with E-state index in [9.17, 15) is 9.90 Å². The third kappa shape index (κ3) is 2.73. The van der Waals surface area contributed by atoms with Crippen molar-refractivity contribution in [1.29, 1.82) is 0 Å². The van der Waals surface area contributed by atoms with Crippen molar-refractivity contribution in [2.45, 2.75) is 13.0 Å². The quantitative estimate of drug-likeness (QED) is 0.759. The van der Waals surface area contributed by atoms with E-state index in [0.29, 0.717) is 5.82 Å². The van der Waals surface area contributed by atoms with Crippen LogP contribution >= 0.6 is 11.3 Å². The third-order valence-corrected chi connectivity index (χ3v) is 4.05. The number of thiophene rings is 1. The van der Waals surface area contributed by atoms with Gasteiger partial charge in [0.25, 0.3) is 0 Å². The smallest absolute Gasteiger partial charge is 0.339 e. The number of nitrogens with one attached hydrogen (secondary N) is 1. The van der Waals surface area contributed by atoms with Crippen LogP contribution in [0.5, 0.6) is 0 Å². The first-order chi connectivity index (χ1) is 10.1. The summed E-state index contributed by atoms with van der Waals surface area (Å²) in [6, 6.07) is 11.2. The van der Waals surface area contributed by atoms with E-state index in [2.05, 4.69) is 10.3 Å². The lowest BCUT2D eigenvalue weighted by atomic mass is 10.1. The number of para-hydroxylation sites is 1. The number of pyridine rings is 1. The predicted octanol–water partition coefficient (Wildman–Crippen LogP) is 4.17. The van der Waals surface area contributed by atoms with Crippen LogP contribution < -0.4 is 5.32 Å². The number of hydrogen-bond acceptors (Lipinski definition) is 4. The number of anilines is 1. The first-order valence-electron chi connectivity index (χ1n) is 6.57. The first kappa shape index (κ1) is 13.6. The van der Waals surface area contributed by atoms with Gasteiger partial charge in [-0.25, -0.2) is 9.78 Å². The predicted molar refractivity (Wildman–Crippen MR) is 85.1 cm³/mol. The number of carboxylic acid groups (broad SMARTS) is 1. The number of aromatic nitrogens is 1. The van der Waals surface area contributed by atoms with E-state index in [1.807, 2.05) is 48.0 Å². The van der Waals surface area contributed by atoms with Gasteiger partial charge < -0.3 is 10.4 Å². The van der Waals surface area contributed by atoms with E-state index in [-0.39, 0.29) is 11.6 Å². The Morgan fingerprint density at radius 2 is 2.14 bits per heavy atom. The van der Waals surface area contributed by atoms with Crippen LogP contribution in [0.2, 0.25) is 0 Å². The van der Waals surface area contributed by atoms with Crippen molar-refractivity contribution in [2.75, 3.05) is 5.32 Å². The minimum Gasteiger partial charge on any atom is -0.478 e. The molecule has 0 aliphatic rings. The van der Waals surface area contributed by atoms with E-state index >= 15 is 0 Å². The maximum absolute atomic E-state index is 11.5. The minimum absolute atomic E-state index is 0.00279. The van der Waals surface area contributed by atoms with Gasteiger partial charge in [0.2, 0.25) is 0 Å². The molecule has 21 heavy (non-hydrogen) atoms. The maximum atomic E-state index is 11.5. The van der Waals surface area contributed by atoms with Gasteiger partial charge in [-0.3, -0.25) is 0 Å². The van der Waals surface area contributed by atoms with Crippen molar-refractivity contribution in [2.24, 2.45) is 0 Å². The third-order valence-electron chi connectivity index (χ3n) is 3.35. The monoisotopic (exact) mass is 298 g/mol. The molecule has 1 atom stereocenters. The molecular weight excluding hydrogens is 284 g/mol. The zero-order valence-corrected chi connectivity index (χ0v) is 12.2. The zero-order chi connectivity index (χ0) is 14.8. The number of benzene rings is 1. The summed E-state index contributed by atoms with van der Waals surface area (Å²) in [4.78, 5) is 15.9. The number of fused-ring (bicyclic) bond motifs is 1. The Labute approximate surface area is 126 Å². The van der Waals surface area contributed by atoms with Crippen molar-refractivity contribution in [1.82, 2.24) is 4.98 Å². The normalized spacial score (nSPS) is 12.2. The Kier molecular flexibility index (Phi) is 3.58. The fraction of sp³-hybridized carbons (Fsp3) is 0.125. The molecule has 1 aromatic carbocycles. The molecule has 4 nitrogen and oxygen atoms in total. The minimum atomic E-state index is -0.978. The summed E-state index contributed by atoms with van der Waals surface area (Å²) < 4.78 is 0. The van der Waals surface area contributed by atoms with Crippen molar-refractivity contribution < 1.29 is 9.90 Å². The molecule has 3 aromatic rings. The van der Waals surface area contributed by atoms with Crippen LogP contribution in [0.15, 0.2) is 47.2 Å². The molecule has 0 saturated heterocycles. The Hall–Kier alpha value is -2.40. The number of rotatable bonds is 4. The second-order valence-corrected chi connectivity index (χ2v) is 5.59. The van der Waals surface area contributed by atoms with Crippen LogP contribution in [0.4, 0.5) is 5.82 Å². The van der Waals surface area contributed by atoms with Gasteiger partial charge in [-0.15, -0.1) is 0 Å². The molecule has 5 heteroatoms. The summed E-state index contributed by atoms with van der Waals surface area (Å²) in [5.74, 6) is -0.576. The van der Waals surface area contributed by atoms with E-state index < -0.39 is 5.97 Å². The van der Waals surface area contributed by atoms with Gasteiger partial charge in [0.15, 0.2) is 0 Å². The summed E-state index contributed by atoms with van der Waals surface area (Å²) in [5.41, 5.74) is 2.09. The van der Waals surface area contributed by atoms with Crippen molar-refractivity contribution in [3.63, 3.8) is 0 Å². The van der Waals surface area contributed by atoms with E-state index in [1.54, 1.807) is 17.4 Å². The topological polar surface area (TPSA) is 62.2 Å². The average Bonchev–Trinajstić information content (AvgIpc) is 3.00. The zero-order valence-electron chi connectivity index (χ0n) is 11.4. The molecule has 0 radical (unpaired) electrons. The molecule has 1 unspecified atom stereocenters. The van der Waals surface area contributed by atoms with Gasteiger partial charge in [0.1, 0.15) is 11.4 Å². The molecule has 0 fully saturated rings. The molecule has 106 valence electrons. The Bertz CT molecular complexity index is 784. The van der Waals surface area contributed by atoms with Gasteiger partial charge in [-0.2, -0.15) is 11.3 Å². The molecule has 3 rings (SSSR count). The van der Waals surface area contributed by atoms with Crippen LogP contribution in [-0.2, 0) is 0 Å². The second-order valence-electron chi connectivity index (χ2n) is 4.81. The summed E-state index contributed by atoms with van der Waals surface area (Å²) in [6.45, 7) is 1.99. The summed E-state index contributed by atoms with van der Waals surface area (Å²) in [5, 5.41) is 17.5. The van der Waals surface area contributed by atoms with E-state index in [1.165, 1.54) is 0 Å². The lowest BCUT2D eigenvalue weighted by Gasteiger charge is -2.15. The Balaban J connectivity index is 2.03. The fourth-order valence-electron chi connectivity index (χ4n) is 2.20. The lowest BCUT2D eigenvalue weighted by molar-refractivity contribution is 0.0697. The van der Waals surface area contributed by atoms with Crippen LogP contribution in [0.3, 0.4) is 0 Å². The Morgan fingerprint density at radius 1 is 1.33 bits per heavy atom. The van der Waals surface area contributed by atoms with Gasteiger partial charge in [-0.1, -0.05) is 18.2 Å². The van der Waals surface area contributed by atoms with E-state index in [0.717, 1.165) is 16.5 Å². The molecule has 0 aliphatic carbocycles. The molecule has 0 saturated carbocycles. The van der Waals surface area contributed by atoms with E-state index in [4.69, 9.17) is 0 Å². The van der Waals surface area contributed by atoms with Crippen molar-refractivity contribution >= 4 is 34.0 Å². The van der Waals surface area contributed by atoms with Gasteiger partial charge in [-0.05, 0) is 41.4 Å². The highest BCUT2D eigenvalue weighted by Gasteiger charge is 2.16. The van der Waals surface area contributed by atoms with Gasteiger partial charge in [0, 0.05) is 5.39 Å². The van der Waals surface area contributed by atoms with Crippen LogP contribution in [0, 0.1) is 0 Å². The van der Waals surface area contributed by atoms with Crippen LogP contribution in [-0.4, -0.2) is 16.1 Å². The molecule has 0 spiro atoms. The number of aromatic carboxylic acids is 1. The molecule has 2 aromatic heterocycles.